The molecule has 0 amide bonds. The topological polar surface area (TPSA) is 22.1 Å². The fourth-order valence-electron chi connectivity index (χ4n) is 0.717. The van der Waals surface area contributed by atoms with Crippen LogP contribution in [0, 0.1) is 6.92 Å². The molecule has 5 heteroatoms. The Morgan fingerprint density at radius 1 is 1.42 bits per heavy atom. The molecule has 0 saturated heterocycles. The molecule has 1 heterocycles. The van der Waals surface area contributed by atoms with Crippen LogP contribution in [0.25, 0.3) is 0 Å². The van der Waals surface area contributed by atoms with Crippen molar-refractivity contribution in [1.29, 1.82) is 0 Å². The first kappa shape index (κ1) is 8.83. The van der Waals surface area contributed by atoms with Gasteiger partial charge in [-0.3, -0.25) is 4.98 Å². The highest BCUT2D eigenvalue weighted by Crippen LogP contribution is 2.21. The summed E-state index contributed by atoms with van der Waals surface area (Å²) in [4.78, 5) is 3.72. The van der Waals surface area contributed by atoms with E-state index in [4.69, 9.17) is 0 Å². The predicted octanol–water partition coefficient (Wildman–Crippen LogP) is 2.29. The normalized spacial score (nSPS) is 11.3. The lowest BCUT2D eigenvalue weighted by Crippen LogP contribution is -2.17. The third-order valence-corrected chi connectivity index (χ3v) is 1.10. The summed E-state index contributed by atoms with van der Waals surface area (Å²) in [6, 6.07) is 2.37. The summed E-state index contributed by atoms with van der Waals surface area (Å²) in [7, 11) is 0. The molecule has 1 aromatic heterocycles. The summed E-state index contributed by atoms with van der Waals surface area (Å²) in [6.45, 7) is 1.59. The quantitative estimate of drug-likeness (QED) is 0.656. The largest absolute Gasteiger partial charge is 0.573 e. The zero-order valence-corrected chi connectivity index (χ0v) is 6.22. The smallest absolute Gasteiger partial charge is 0.406 e. The molecule has 0 saturated carbocycles. The number of aromatic nitrogens is 1. The Kier molecular flexibility index (Phi) is 2.21. The molecule has 0 atom stereocenters. The van der Waals surface area contributed by atoms with Crippen LogP contribution >= 0.6 is 0 Å². The van der Waals surface area contributed by atoms with Gasteiger partial charge in [0.15, 0.2) is 0 Å². The van der Waals surface area contributed by atoms with E-state index in [-0.39, 0.29) is 5.75 Å². The zero-order valence-electron chi connectivity index (χ0n) is 6.22. The Hall–Kier alpha value is -1.26. The number of hydrogen-bond donors (Lipinski definition) is 0. The maximum atomic E-state index is 11.6. The molecule has 0 aromatic carbocycles. The van der Waals surface area contributed by atoms with Gasteiger partial charge in [0.25, 0.3) is 0 Å². The van der Waals surface area contributed by atoms with Crippen molar-refractivity contribution in [2.45, 2.75) is 13.3 Å². The number of rotatable bonds is 1. The van der Waals surface area contributed by atoms with Crippen molar-refractivity contribution >= 4 is 0 Å². The minimum Gasteiger partial charge on any atom is -0.406 e. The van der Waals surface area contributed by atoms with Gasteiger partial charge in [0.1, 0.15) is 5.75 Å². The average molecular weight is 177 g/mol. The molecule has 1 aromatic rings. The summed E-state index contributed by atoms with van der Waals surface area (Å²) in [5, 5.41) is 0. The molecular formula is C7H6F3NO. The van der Waals surface area contributed by atoms with Gasteiger partial charge in [-0.1, -0.05) is 0 Å². The van der Waals surface area contributed by atoms with Gasteiger partial charge >= 0.3 is 6.36 Å². The van der Waals surface area contributed by atoms with Crippen molar-refractivity contribution < 1.29 is 17.9 Å². The number of halogens is 3. The highest BCUT2D eigenvalue weighted by Gasteiger charge is 2.30. The molecular weight excluding hydrogens is 171 g/mol. The van der Waals surface area contributed by atoms with E-state index in [2.05, 4.69) is 9.72 Å². The summed E-state index contributed by atoms with van der Waals surface area (Å²) in [5.41, 5.74) is 0.483. The fraction of sp³-hybridized carbons (Fsp3) is 0.286. The van der Waals surface area contributed by atoms with Crippen LogP contribution in [0.1, 0.15) is 5.69 Å². The summed E-state index contributed by atoms with van der Waals surface area (Å²) in [6.07, 6.45) is -3.37. The third-order valence-electron chi connectivity index (χ3n) is 1.10. The number of hydrogen-bond acceptors (Lipinski definition) is 2. The van der Waals surface area contributed by atoms with Crippen molar-refractivity contribution in [3.63, 3.8) is 0 Å². The van der Waals surface area contributed by atoms with Crippen molar-refractivity contribution in [3.05, 3.63) is 24.0 Å². The van der Waals surface area contributed by atoms with E-state index in [1.165, 1.54) is 12.3 Å². The molecule has 0 unspecified atom stereocenters. The van der Waals surface area contributed by atoms with Crippen LogP contribution in [-0.2, 0) is 0 Å². The first-order chi connectivity index (χ1) is 5.47. The fourth-order valence-corrected chi connectivity index (χ4v) is 0.717. The minimum atomic E-state index is -4.63. The Morgan fingerprint density at radius 2 is 2.08 bits per heavy atom. The Morgan fingerprint density at radius 3 is 2.58 bits per heavy atom. The summed E-state index contributed by atoms with van der Waals surface area (Å²) in [5.74, 6) is -0.241. The number of alkyl halides is 3. The van der Waals surface area contributed by atoms with Crippen LogP contribution in [0.5, 0.6) is 5.75 Å². The monoisotopic (exact) mass is 177 g/mol. The standard InChI is InChI=1S/C7H6F3NO/c1-5-4-6(2-3-11-5)12-7(8,9)10/h2-4H,1H3. The zero-order chi connectivity index (χ0) is 9.19. The van der Waals surface area contributed by atoms with Gasteiger partial charge in [-0.05, 0) is 13.0 Å². The van der Waals surface area contributed by atoms with E-state index < -0.39 is 6.36 Å². The van der Waals surface area contributed by atoms with Gasteiger partial charge in [-0.15, -0.1) is 13.2 Å². The molecule has 0 aliphatic carbocycles. The molecule has 0 spiro atoms. The van der Waals surface area contributed by atoms with Gasteiger partial charge in [0.05, 0.1) is 0 Å². The molecule has 1 rings (SSSR count). The van der Waals surface area contributed by atoms with Crippen LogP contribution in [-0.4, -0.2) is 11.3 Å². The Labute approximate surface area is 67.0 Å². The van der Waals surface area contributed by atoms with E-state index in [0.29, 0.717) is 5.69 Å². The van der Waals surface area contributed by atoms with E-state index in [1.807, 2.05) is 0 Å². The van der Waals surface area contributed by atoms with Crippen LogP contribution in [0.15, 0.2) is 18.3 Å². The van der Waals surface area contributed by atoms with Gasteiger partial charge < -0.3 is 4.74 Å². The maximum Gasteiger partial charge on any atom is 0.573 e. The SMILES string of the molecule is Cc1cc(OC(F)(F)F)ccn1. The number of nitrogens with zero attached hydrogens (tertiary/aromatic N) is 1. The first-order valence-corrected chi connectivity index (χ1v) is 3.16. The van der Waals surface area contributed by atoms with E-state index in [9.17, 15) is 13.2 Å². The van der Waals surface area contributed by atoms with Gasteiger partial charge in [0, 0.05) is 18.0 Å². The molecule has 0 radical (unpaired) electrons. The molecule has 66 valence electrons. The van der Waals surface area contributed by atoms with Gasteiger partial charge in [-0.2, -0.15) is 0 Å². The highest BCUT2D eigenvalue weighted by molar-refractivity contribution is 5.21. The van der Waals surface area contributed by atoms with E-state index in [0.717, 1.165) is 6.07 Å². The summed E-state index contributed by atoms with van der Waals surface area (Å²) >= 11 is 0. The predicted molar refractivity (Wildman–Crippen MR) is 35.7 cm³/mol. The van der Waals surface area contributed by atoms with Crippen LogP contribution in [0.3, 0.4) is 0 Å². The number of pyridine rings is 1. The molecule has 0 aliphatic heterocycles. The number of ether oxygens (including phenoxy) is 1. The third kappa shape index (κ3) is 2.77. The van der Waals surface area contributed by atoms with Crippen molar-refractivity contribution in [2.75, 3.05) is 0 Å². The number of aryl methyl sites for hydroxylation is 1. The Bertz CT molecular complexity index is 272. The highest BCUT2D eigenvalue weighted by atomic mass is 19.4. The summed E-state index contributed by atoms with van der Waals surface area (Å²) < 4.78 is 38.5. The molecule has 2 nitrogen and oxygen atoms in total. The lowest BCUT2D eigenvalue weighted by atomic mass is 10.4. The Balaban J connectivity index is 2.77. The van der Waals surface area contributed by atoms with Crippen molar-refractivity contribution in [1.82, 2.24) is 4.98 Å². The van der Waals surface area contributed by atoms with Crippen LogP contribution in [0.4, 0.5) is 13.2 Å². The lowest BCUT2D eigenvalue weighted by Gasteiger charge is -2.08. The van der Waals surface area contributed by atoms with Crippen molar-refractivity contribution in [2.24, 2.45) is 0 Å². The molecule has 0 bridgehead atoms. The second kappa shape index (κ2) is 3.00. The lowest BCUT2D eigenvalue weighted by molar-refractivity contribution is -0.274. The average Bonchev–Trinajstić information content (AvgIpc) is 1.82. The molecule has 0 N–H and O–H groups in total. The first-order valence-electron chi connectivity index (χ1n) is 3.16. The van der Waals surface area contributed by atoms with E-state index in [1.54, 1.807) is 6.92 Å². The van der Waals surface area contributed by atoms with Crippen LogP contribution < -0.4 is 4.74 Å². The second-order valence-corrected chi connectivity index (χ2v) is 2.18. The second-order valence-electron chi connectivity index (χ2n) is 2.18. The van der Waals surface area contributed by atoms with E-state index >= 15 is 0 Å². The minimum absolute atomic E-state index is 0.241. The van der Waals surface area contributed by atoms with Gasteiger partial charge in [-0.25, -0.2) is 0 Å². The maximum absolute atomic E-state index is 11.6. The van der Waals surface area contributed by atoms with Gasteiger partial charge in [0.2, 0.25) is 0 Å². The van der Waals surface area contributed by atoms with Crippen molar-refractivity contribution in [3.8, 4) is 5.75 Å². The van der Waals surface area contributed by atoms with Crippen LogP contribution in [0.2, 0.25) is 0 Å². The molecule has 0 fully saturated rings. The molecule has 12 heavy (non-hydrogen) atoms. The molecule has 0 aliphatic rings.